The molecule has 0 unspecified atom stereocenters. The van der Waals surface area contributed by atoms with Crippen LogP contribution >= 0.6 is 0 Å². The van der Waals surface area contributed by atoms with Gasteiger partial charge in [0.05, 0.1) is 5.69 Å². The standard InChI is InChI=1S/C23H33N3O/c27-26-20-4-2-1-3-19(20)21(25-22(26)18-5-6-18)24-8-7-23-12-15-9-16(13-23)11-17(10-15)14-23/h15-18,27H,1-14H2. The summed E-state index contributed by atoms with van der Waals surface area (Å²) >= 11 is 0. The zero-order valence-electron chi connectivity index (χ0n) is 16.5. The Hall–Kier alpha value is -1.32. The van der Waals surface area contributed by atoms with Gasteiger partial charge in [0.2, 0.25) is 0 Å². The van der Waals surface area contributed by atoms with Gasteiger partial charge in [0.15, 0.2) is 5.49 Å². The zero-order chi connectivity index (χ0) is 18.0. The molecule has 0 saturated heterocycles. The quantitative estimate of drug-likeness (QED) is 0.803. The van der Waals surface area contributed by atoms with E-state index in [1.807, 2.05) is 0 Å². The Kier molecular flexibility index (Phi) is 3.75. The monoisotopic (exact) mass is 367 g/mol. The van der Waals surface area contributed by atoms with Gasteiger partial charge in [-0.2, -0.15) is 4.73 Å². The normalized spacial score (nSPS) is 37.6. The summed E-state index contributed by atoms with van der Waals surface area (Å²) in [6.07, 6.45) is 17.0. The molecule has 0 aromatic carbocycles. The highest BCUT2D eigenvalue weighted by Crippen LogP contribution is 2.61. The van der Waals surface area contributed by atoms with Crippen LogP contribution in [-0.2, 0) is 12.8 Å². The lowest BCUT2D eigenvalue weighted by Crippen LogP contribution is -2.46. The molecule has 27 heavy (non-hydrogen) atoms. The number of rotatable bonds is 4. The third-order valence-electron chi connectivity index (χ3n) is 8.41. The van der Waals surface area contributed by atoms with Crippen molar-refractivity contribution in [3.05, 3.63) is 22.6 Å². The van der Waals surface area contributed by atoms with Crippen LogP contribution in [-0.4, -0.2) is 21.5 Å². The van der Waals surface area contributed by atoms with Gasteiger partial charge in [-0.05, 0) is 107 Å². The van der Waals surface area contributed by atoms with E-state index in [-0.39, 0.29) is 0 Å². The van der Waals surface area contributed by atoms with Crippen molar-refractivity contribution in [3.8, 4) is 0 Å². The average Bonchev–Trinajstić information content (AvgIpc) is 3.47. The first-order valence-corrected chi connectivity index (χ1v) is 11.5. The fourth-order valence-electron chi connectivity index (χ4n) is 7.46. The van der Waals surface area contributed by atoms with Crippen LogP contribution in [0.4, 0.5) is 0 Å². The molecule has 0 radical (unpaired) electrons. The molecule has 4 bridgehead atoms. The Morgan fingerprint density at radius 2 is 1.67 bits per heavy atom. The predicted octanol–water partition coefficient (Wildman–Crippen LogP) is 4.38. The SMILES string of the molecule is On1c(C2CC2)nc(=NCCC23CC4CC(CC(C4)C2)C3)c2c1CCCC2. The fourth-order valence-corrected chi connectivity index (χ4v) is 7.46. The first-order chi connectivity index (χ1) is 13.2. The highest BCUT2D eigenvalue weighted by atomic mass is 16.5. The number of hydrogen-bond donors (Lipinski definition) is 1. The van der Waals surface area contributed by atoms with E-state index in [4.69, 9.17) is 9.98 Å². The lowest BCUT2D eigenvalue weighted by atomic mass is 9.49. The smallest absolute Gasteiger partial charge is 0.154 e. The topological polar surface area (TPSA) is 50.4 Å². The van der Waals surface area contributed by atoms with Crippen LogP contribution in [0.2, 0.25) is 0 Å². The maximum Gasteiger partial charge on any atom is 0.154 e. The molecule has 1 heterocycles. The molecule has 5 fully saturated rings. The lowest BCUT2D eigenvalue weighted by molar-refractivity contribution is -0.0557. The van der Waals surface area contributed by atoms with Crippen molar-refractivity contribution in [2.75, 3.05) is 6.54 Å². The highest BCUT2D eigenvalue weighted by molar-refractivity contribution is 5.23. The van der Waals surface area contributed by atoms with Gasteiger partial charge < -0.3 is 5.21 Å². The van der Waals surface area contributed by atoms with Crippen LogP contribution in [0.5, 0.6) is 0 Å². The second-order valence-corrected chi connectivity index (χ2v) is 10.6. The van der Waals surface area contributed by atoms with E-state index < -0.39 is 0 Å². The summed E-state index contributed by atoms with van der Waals surface area (Å²) in [6, 6.07) is 0. The summed E-state index contributed by atoms with van der Waals surface area (Å²) in [5, 5.41) is 10.7. The van der Waals surface area contributed by atoms with Gasteiger partial charge in [0, 0.05) is 18.0 Å². The van der Waals surface area contributed by atoms with Gasteiger partial charge in [-0.25, -0.2) is 4.98 Å². The molecule has 5 saturated carbocycles. The number of aromatic nitrogens is 2. The molecule has 0 aliphatic heterocycles. The molecule has 0 spiro atoms. The third-order valence-corrected chi connectivity index (χ3v) is 8.41. The van der Waals surface area contributed by atoms with Crippen molar-refractivity contribution in [2.45, 2.75) is 89.4 Å². The van der Waals surface area contributed by atoms with Crippen LogP contribution in [0.15, 0.2) is 4.99 Å². The average molecular weight is 368 g/mol. The molecule has 6 aliphatic carbocycles. The molecule has 4 heteroatoms. The van der Waals surface area contributed by atoms with Crippen molar-refractivity contribution >= 4 is 0 Å². The molecular formula is C23H33N3O. The number of hydrogen-bond acceptors (Lipinski definition) is 3. The van der Waals surface area contributed by atoms with E-state index in [0.29, 0.717) is 11.3 Å². The van der Waals surface area contributed by atoms with Crippen molar-refractivity contribution in [1.82, 2.24) is 9.71 Å². The highest BCUT2D eigenvalue weighted by Gasteiger charge is 2.50. The van der Waals surface area contributed by atoms with Crippen molar-refractivity contribution < 1.29 is 5.21 Å². The second kappa shape index (κ2) is 6.09. The van der Waals surface area contributed by atoms with E-state index in [9.17, 15) is 5.21 Å². The van der Waals surface area contributed by atoms with Crippen LogP contribution in [0.1, 0.15) is 93.6 Å². The first-order valence-electron chi connectivity index (χ1n) is 11.5. The molecule has 7 rings (SSSR count). The minimum absolute atomic E-state index is 0.458. The summed E-state index contributed by atoms with van der Waals surface area (Å²) < 4.78 is 1.43. The molecule has 1 aromatic rings. The molecule has 4 nitrogen and oxygen atoms in total. The molecular weight excluding hydrogens is 334 g/mol. The van der Waals surface area contributed by atoms with E-state index in [1.165, 1.54) is 80.9 Å². The minimum Gasteiger partial charge on any atom is -0.427 e. The van der Waals surface area contributed by atoms with E-state index in [0.717, 1.165) is 54.1 Å². The Morgan fingerprint density at radius 3 is 2.33 bits per heavy atom. The Balaban J connectivity index is 1.28. The predicted molar refractivity (Wildman–Crippen MR) is 104 cm³/mol. The van der Waals surface area contributed by atoms with Crippen LogP contribution in [0.3, 0.4) is 0 Å². The second-order valence-electron chi connectivity index (χ2n) is 10.6. The maximum atomic E-state index is 10.7. The maximum absolute atomic E-state index is 10.7. The van der Waals surface area contributed by atoms with Crippen molar-refractivity contribution in [1.29, 1.82) is 0 Å². The largest absolute Gasteiger partial charge is 0.427 e. The summed E-state index contributed by atoms with van der Waals surface area (Å²) in [5.41, 5.74) is 3.91. The van der Waals surface area contributed by atoms with Crippen molar-refractivity contribution in [3.63, 3.8) is 0 Å². The first kappa shape index (κ1) is 16.6. The summed E-state index contributed by atoms with van der Waals surface area (Å²) in [4.78, 5) is 9.95. The van der Waals surface area contributed by atoms with E-state index >= 15 is 0 Å². The molecule has 1 aromatic heterocycles. The van der Waals surface area contributed by atoms with Gasteiger partial charge >= 0.3 is 0 Å². The summed E-state index contributed by atoms with van der Waals surface area (Å²) in [5.74, 6) is 4.40. The van der Waals surface area contributed by atoms with Gasteiger partial charge in [0.25, 0.3) is 0 Å². The van der Waals surface area contributed by atoms with Gasteiger partial charge in [-0.3, -0.25) is 4.99 Å². The Bertz CT molecular complexity index is 784. The summed E-state index contributed by atoms with van der Waals surface area (Å²) in [7, 11) is 0. The van der Waals surface area contributed by atoms with Crippen LogP contribution in [0.25, 0.3) is 0 Å². The molecule has 146 valence electrons. The van der Waals surface area contributed by atoms with Crippen LogP contribution in [0, 0.1) is 23.2 Å². The lowest BCUT2D eigenvalue weighted by Gasteiger charge is -2.57. The van der Waals surface area contributed by atoms with E-state index in [1.54, 1.807) is 0 Å². The minimum atomic E-state index is 0.458. The van der Waals surface area contributed by atoms with Gasteiger partial charge in [-0.1, -0.05) is 0 Å². The molecule has 0 amide bonds. The third kappa shape index (κ3) is 2.86. The molecule has 6 aliphatic rings. The molecule has 1 N–H and O–H groups in total. The van der Waals surface area contributed by atoms with Gasteiger partial charge in [0.1, 0.15) is 5.82 Å². The zero-order valence-corrected chi connectivity index (χ0v) is 16.5. The number of nitrogens with zero attached hydrogens (tertiary/aromatic N) is 3. The van der Waals surface area contributed by atoms with Gasteiger partial charge in [-0.15, -0.1) is 0 Å². The Labute approximate surface area is 162 Å². The van der Waals surface area contributed by atoms with Crippen LogP contribution < -0.4 is 5.49 Å². The number of fused-ring (bicyclic) bond motifs is 1. The molecule has 0 atom stereocenters. The fraction of sp³-hybridized carbons (Fsp3) is 0.826. The summed E-state index contributed by atoms with van der Waals surface area (Å²) in [6.45, 7) is 0.936. The van der Waals surface area contributed by atoms with Crippen molar-refractivity contribution in [2.24, 2.45) is 28.2 Å². The Morgan fingerprint density at radius 1 is 1.00 bits per heavy atom. The van der Waals surface area contributed by atoms with E-state index in [2.05, 4.69) is 0 Å².